The minimum Gasteiger partial charge on any atom is -0.495 e. The number of halogens is 1. The van der Waals surface area contributed by atoms with Crippen LogP contribution in [0, 0.1) is 5.92 Å². The number of likely N-dealkylation sites (tertiary alicyclic amines) is 1. The number of rotatable bonds is 4. The minimum atomic E-state index is 0.413. The topological polar surface area (TPSA) is 33.7 Å². The van der Waals surface area contributed by atoms with Crippen LogP contribution in [0.2, 0.25) is 5.02 Å². The number of anilines is 1. The molecule has 1 fully saturated rings. The van der Waals surface area contributed by atoms with Gasteiger partial charge in [0, 0.05) is 30.8 Å². The Labute approximate surface area is 132 Å². The average Bonchev–Trinajstić information content (AvgIpc) is 2.45. The Morgan fingerprint density at radius 1 is 1.19 bits per heavy atom. The summed E-state index contributed by atoms with van der Waals surface area (Å²) in [6.45, 7) is 5.63. The van der Waals surface area contributed by atoms with Gasteiger partial charge in [0.15, 0.2) is 0 Å². The van der Waals surface area contributed by atoms with Crippen LogP contribution in [0.1, 0.15) is 20.3 Å². The standard InChI is InChI=1S/C16H25ClN2O2/c1-10-9-19(3)11(2)6-13(10)18-14-8-15(20-4)12(17)7-16(14)21-5/h7-8,10-11,13,18H,6,9H2,1-5H3. The second kappa shape index (κ2) is 6.75. The maximum absolute atomic E-state index is 6.15. The Bertz CT molecular complexity index is 495. The highest BCUT2D eigenvalue weighted by molar-refractivity contribution is 6.32. The van der Waals surface area contributed by atoms with Crippen molar-refractivity contribution in [1.82, 2.24) is 4.90 Å². The molecule has 5 heteroatoms. The van der Waals surface area contributed by atoms with Gasteiger partial charge in [-0.3, -0.25) is 0 Å². The summed E-state index contributed by atoms with van der Waals surface area (Å²) >= 11 is 6.15. The maximum Gasteiger partial charge on any atom is 0.143 e. The molecule has 0 aliphatic carbocycles. The molecule has 0 aromatic heterocycles. The van der Waals surface area contributed by atoms with Crippen LogP contribution in [0.4, 0.5) is 5.69 Å². The Hall–Kier alpha value is -1.13. The molecule has 0 amide bonds. The monoisotopic (exact) mass is 312 g/mol. The van der Waals surface area contributed by atoms with E-state index in [4.69, 9.17) is 21.1 Å². The number of methoxy groups -OCH3 is 2. The molecule has 0 saturated carbocycles. The van der Waals surface area contributed by atoms with Gasteiger partial charge in [0.05, 0.1) is 24.9 Å². The van der Waals surface area contributed by atoms with Crippen molar-refractivity contribution in [3.63, 3.8) is 0 Å². The third-order valence-corrected chi connectivity index (χ3v) is 4.72. The second-order valence-corrected chi connectivity index (χ2v) is 6.35. The van der Waals surface area contributed by atoms with Crippen LogP contribution in [0.3, 0.4) is 0 Å². The predicted molar refractivity (Wildman–Crippen MR) is 87.8 cm³/mol. The number of nitrogens with one attached hydrogen (secondary N) is 1. The molecule has 2 rings (SSSR count). The van der Waals surface area contributed by atoms with Crippen LogP contribution in [0.25, 0.3) is 0 Å². The summed E-state index contributed by atoms with van der Waals surface area (Å²) in [5, 5.41) is 4.17. The SMILES string of the molecule is COc1cc(NC2CC(C)N(C)CC2C)c(OC)cc1Cl. The Balaban J connectivity index is 2.22. The van der Waals surface area contributed by atoms with E-state index in [1.807, 2.05) is 6.07 Å². The molecule has 0 radical (unpaired) electrons. The van der Waals surface area contributed by atoms with Gasteiger partial charge in [0.1, 0.15) is 11.5 Å². The van der Waals surface area contributed by atoms with Crippen molar-refractivity contribution >= 4 is 17.3 Å². The minimum absolute atomic E-state index is 0.413. The van der Waals surface area contributed by atoms with E-state index in [1.54, 1.807) is 20.3 Å². The summed E-state index contributed by atoms with van der Waals surface area (Å²) in [7, 11) is 5.46. The van der Waals surface area contributed by atoms with Crippen LogP contribution in [-0.4, -0.2) is 44.8 Å². The summed E-state index contributed by atoms with van der Waals surface area (Å²) in [4.78, 5) is 2.41. The third-order valence-electron chi connectivity index (χ3n) is 4.43. The van der Waals surface area contributed by atoms with Crippen LogP contribution in [0.5, 0.6) is 11.5 Å². The van der Waals surface area contributed by atoms with E-state index >= 15 is 0 Å². The number of piperidine rings is 1. The fourth-order valence-corrected chi connectivity index (χ4v) is 3.15. The van der Waals surface area contributed by atoms with Crippen molar-refractivity contribution in [1.29, 1.82) is 0 Å². The molecule has 3 unspecified atom stereocenters. The van der Waals surface area contributed by atoms with Crippen molar-refractivity contribution in [3.05, 3.63) is 17.2 Å². The second-order valence-electron chi connectivity index (χ2n) is 5.94. The summed E-state index contributed by atoms with van der Waals surface area (Å²) < 4.78 is 10.7. The summed E-state index contributed by atoms with van der Waals surface area (Å²) in [5.74, 6) is 1.98. The largest absolute Gasteiger partial charge is 0.495 e. The van der Waals surface area contributed by atoms with Crippen LogP contribution < -0.4 is 14.8 Å². The van der Waals surface area contributed by atoms with Gasteiger partial charge in [-0.25, -0.2) is 0 Å². The molecule has 1 aromatic rings. The zero-order chi connectivity index (χ0) is 15.6. The molecule has 1 heterocycles. The van der Waals surface area contributed by atoms with Gasteiger partial charge >= 0.3 is 0 Å². The molecule has 1 saturated heterocycles. The third kappa shape index (κ3) is 3.55. The van der Waals surface area contributed by atoms with E-state index in [1.165, 1.54) is 0 Å². The Morgan fingerprint density at radius 2 is 1.86 bits per heavy atom. The van der Waals surface area contributed by atoms with Crippen molar-refractivity contribution in [3.8, 4) is 11.5 Å². The lowest BCUT2D eigenvalue weighted by Crippen LogP contribution is -2.48. The highest BCUT2D eigenvalue weighted by atomic mass is 35.5. The van der Waals surface area contributed by atoms with Gasteiger partial charge in [0.25, 0.3) is 0 Å². The highest BCUT2D eigenvalue weighted by Gasteiger charge is 2.29. The number of hydrogen-bond donors (Lipinski definition) is 1. The maximum atomic E-state index is 6.15. The van der Waals surface area contributed by atoms with E-state index in [0.717, 1.165) is 24.4 Å². The molecular weight excluding hydrogens is 288 g/mol. The van der Waals surface area contributed by atoms with Crippen LogP contribution >= 0.6 is 11.6 Å². The Kier molecular flexibility index (Phi) is 5.22. The van der Waals surface area contributed by atoms with E-state index < -0.39 is 0 Å². The molecule has 1 aliphatic rings. The number of benzene rings is 1. The fraction of sp³-hybridized carbons (Fsp3) is 0.625. The van der Waals surface area contributed by atoms with E-state index in [0.29, 0.717) is 28.8 Å². The fourth-order valence-electron chi connectivity index (χ4n) is 2.92. The molecule has 118 valence electrons. The molecule has 4 nitrogen and oxygen atoms in total. The Morgan fingerprint density at radius 3 is 2.48 bits per heavy atom. The number of ether oxygens (including phenoxy) is 2. The molecule has 1 aliphatic heterocycles. The number of hydrogen-bond acceptors (Lipinski definition) is 4. The highest BCUT2D eigenvalue weighted by Crippen LogP contribution is 2.37. The summed E-state index contributed by atoms with van der Waals surface area (Å²) in [6.07, 6.45) is 1.10. The van der Waals surface area contributed by atoms with Crippen molar-refractivity contribution in [2.24, 2.45) is 5.92 Å². The lowest BCUT2D eigenvalue weighted by molar-refractivity contribution is 0.145. The van der Waals surface area contributed by atoms with Crippen molar-refractivity contribution in [2.45, 2.75) is 32.4 Å². The van der Waals surface area contributed by atoms with Crippen molar-refractivity contribution in [2.75, 3.05) is 33.1 Å². The molecule has 0 bridgehead atoms. The van der Waals surface area contributed by atoms with Gasteiger partial charge in [-0.15, -0.1) is 0 Å². The first kappa shape index (κ1) is 16.2. The molecule has 21 heavy (non-hydrogen) atoms. The summed E-state index contributed by atoms with van der Waals surface area (Å²) in [6, 6.07) is 4.69. The predicted octanol–water partition coefficient (Wildman–Crippen LogP) is 3.50. The van der Waals surface area contributed by atoms with Crippen molar-refractivity contribution < 1.29 is 9.47 Å². The molecule has 0 spiro atoms. The van der Waals surface area contributed by atoms with Gasteiger partial charge < -0.3 is 19.7 Å². The van der Waals surface area contributed by atoms with Crippen LogP contribution in [-0.2, 0) is 0 Å². The van der Waals surface area contributed by atoms with Crippen LogP contribution in [0.15, 0.2) is 12.1 Å². The quantitative estimate of drug-likeness (QED) is 0.922. The zero-order valence-electron chi connectivity index (χ0n) is 13.4. The average molecular weight is 313 g/mol. The lowest BCUT2D eigenvalue weighted by Gasteiger charge is -2.40. The molecule has 3 atom stereocenters. The number of nitrogens with zero attached hydrogens (tertiary/aromatic N) is 1. The van der Waals surface area contributed by atoms with E-state index in [-0.39, 0.29) is 0 Å². The first-order valence-corrected chi connectivity index (χ1v) is 7.72. The first-order valence-electron chi connectivity index (χ1n) is 7.34. The summed E-state index contributed by atoms with van der Waals surface area (Å²) in [5.41, 5.74) is 0.937. The zero-order valence-corrected chi connectivity index (χ0v) is 14.2. The van der Waals surface area contributed by atoms with Gasteiger partial charge in [-0.1, -0.05) is 18.5 Å². The molecule has 1 N–H and O–H groups in total. The van der Waals surface area contributed by atoms with Gasteiger partial charge in [0.2, 0.25) is 0 Å². The molecular formula is C16H25ClN2O2. The van der Waals surface area contributed by atoms with Gasteiger partial charge in [-0.2, -0.15) is 0 Å². The van der Waals surface area contributed by atoms with E-state index in [2.05, 4.69) is 31.1 Å². The first-order chi connectivity index (χ1) is 9.96. The lowest BCUT2D eigenvalue weighted by atomic mass is 9.89. The normalized spacial score (nSPS) is 26.5. The van der Waals surface area contributed by atoms with E-state index in [9.17, 15) is 0 Å². The smallest absolute Gasteiger partial charge is 0.143 e. The molecule has 1 aromatic carbocycles. The van der Waals surface area contributed by atoms with Gasteiger partial charge in [-0.05, 0) is 26.3 Å².